The van der Waals surface area contributed by atoms with E-state index >= 15 is 0 Å². The van der Waals surface area contributed by atoms with E-state index in [1.807, 2.05) is 18.9 Å². The first kappa shape index (κ1) is 13.4. The predicted octanol–water partition coefficient (Wildman–Crippen LogP) is 1.63. The van der Waals surface area contributed by atoms with Crippen molar-refractivity contribution in [2.24, 2.45) is 0 Å². The minimum Gasteiger partial charge on any atom is -0.343 e. The normalized spacial score (nSPS) is 10.2. The minimum absolute atomic E-state index is 0.311. The summed E-state index contributed by atoms with van der Waals surface area (Å²) >= 11 is 0. The minimum atomic E-state index is 0.311. The van der Waals surface area contributed by atoms with Crippen LogP contribution in [-0.4, -0.2) is 37.5 Å². The number of rotatable bonds is 8. The van der Waals surface area contributed by atoms with E-state index in [9.17, 15) is 4.79 Å². The number of nitrogens with one attached hydrogen (secondary N) is 1. The third-order valence-electron chi connectivity index (χ3n) is 2.30. The monoisotopic (exact) mass is 200 g/mol. The van der Waals surface area contributed by atoms with Crippen molar-refractivity contribution in [3.63, 3.8) is 0 Å². The first-order chi connectivity index (χ1) is 6.76. The molecule has 14 heavy (non-hydrogen) atoms. The second-order valence-electron chi connectivity index (χ2n) is 3.53. The van der Waals surface area contributed by atoms with Gasteiger partial charge in [0, 0.05) is 19.5 Å². The van der Waals surface area contributed by atoms with Crippen LogP contribution in [0, 0.1) is 0 Å². The van der Waals surface area contributed by atoms with E-state index in [1.54, 1.807) is 0 Å². The highest BCUT2D eigenvalue weighted by Crippen LogP contribution is 2.01. The Kier molecular flexibility index (Phi) is 8.64. The molecule has 0 aromatic heterocycles. The van der Waals surface area contributed by atoms with Crippen LogP contribution in [0.5, 0.6) is 0 Å². The quantitative estimate of drug-likeness (QED) is 0.604. The zero-order chi connectivity index (χ0) is 10.8. The Labute approximate surface area is 87.9 Å². The second kappa shape index (κ2) is 9.00. The molecule has 0 saturated heterocycles. The van der Waals surface area contributed by atoms with Gasteiger partial charge in [-0.05, 0) is 39.8 Å². The summed E-state index contributed by atoms with van der Waals surface area (Å²) in [6.45, 7) is 6.91. The van der Waals surface area contributed by atoms with Crippen LogP contribution in [0.3, 0.4) is 0 Å². The van der Waals surface area contributed by atoms with Crippen molar-refractivity contribution in [3.8, 4) is 0 Å². The number of hydrogen-bond donors (Lipinski definition) is 1. The molecule has 0 radical (unpaired) electrons. The van der Waals surface area contributed by atoms with E-state index in [-0.39, 0.29) is 0 Å². The standard InChI is InChI=1S/C11H24N2O/c1-4-10-13(5-2)11(14)8-6-7-9-12-3/h12H,4-10H2,1-3H3. The van der Waals surface area contributed by atoms with Gasteiger partial charge in [-0.25, -0.2) is 0 Å². The van der Waals surface area contributed by atoms with Crippen LogP contribution >= 0.6 is 0 Å². The summed E-state index contributed by atoms with van der Waals surface area (Å²) in [6.07, 6.45) is 3.84. The lowest BCUT2D eigenvalue weighted by Gasteiger charge is -2.19. The van der Waals surface area contributed by atoms with Crippen molar-refractivity contribution >= 4 is 5.91 Å². The van der Waals surface area contributed by atoms with E-state index in [0.29, 0.717) is 12.3 Å². The molecule has 3 nitrogen and oxygen atoms in total. The van der Waals surface area contributed by atoms with Gasteiger partial charge in [0.15, 0.2) is 0 Å². The highest BCUT2D eigenvalue weighted by atomic mass is 16.2. The number of nitrogens with zero attached hydrogens (tertiary/aromatic N) is 1. The third-order valence-corrected chi connectivity index (χ3v) is 2.30. The summed E-state index contributed by atoms with van der Waals surface area (Å²) in [5.74, 6) is 0.311. The first-order valence-electron chi connectivity index (χ1n) is 5.68. The molecule has 0 fully saturated rings. The van der Waals surface area contributed by atoms with E-state index in [2.05, 4.69) is 12.2 Å². The molecule has 84 valence electrons. The summed E-state index contributed by atoms with van der Waals surface area (Å²) in [7, 11) is 1.94. The molecule has 1 N–H and O–H groups in total. The molecular formula is C11H24N2O. The van der Waals surface area contributed by atoms with Crippen LogP contribution in [0.2, 0.25) is 0 Å². The molecule has 0 aliphatic carbocycles. The van der Waals surface area contributed by atoms with Crippen molar-refractivity contribution in [2.75, 3.05) is 26.7 Å². The van der Waals surface area contributed by atoms with Gasteiger partial charge in [-0.15, -0.1) is 0 Å². The molecule has 0 rings (SSSR count). The predicted molar refractivity (Wildman–Crippen MR) is 60.3 cm³/mol. The van der Waals surface area contributed by atoms with Gasteiger partial charge in [0.25, 0.3) is 0 Å². The average Bonchev–Trinajstić information content (AvgIpc) is 2.20. The maximum absolute atomic E-state index is 11.6. The summed E-state index contributed by atoms with van der Waals surface area (Å²) in [5.41, 5.74) is 0. The SMILES string of the molecule is CCCN(CC)C(=O)CCCCNC. The highest BCUT2D eigenvalue weighted by molar-refractivity contribution is 5.76. The fourth-order valence-corrected chi connectivity index (χ4v) is 1.47. The fraction of sp³-hybridized carbons (Fsp3) is 0.909. The smallest absolute Gasteiger partial charge is 0.222 e. The number of amides is 1. The van der Waals surface area contributed by atoms with Gasteiger partial charge < -0.3 is 10.2 Å². The zero-order valence-corrected chi connectivity index (χ0v) is 9.81. The molecule has 0 aromatic carbocycles. The summed E-state index contributed by atoms with van der Waals surface area (Å²) in [4.78, 5) is 13.6. The number of unbranched alkanes of at least 4 members (excludes halogenated alkanes) is 1. The van der Waals surface area contributed by atoms with E-state index in [1.165, 1.54) is 0 Å². The number of hydrogen-bond acceptors (Lipinski definition) is 2. The van der Waals surface area contributed by atoms with Gasteiger partial charge in [-0.1, -0.05) is 6.92 Å². The highest BCUT2D eigenvalue weighted by Gasteiger charge is 2.08. The lowest BCUT2D eigenvalue weighted by Crippen LogP contribution is -2.31. The lowest BCUT2D eigenvalue weighted by molar-refractivity contribution is -0.131. The van der Waals surface area contributed by atoms with Crippen molar-refractivity contribution in [1.82, 2.24) is 10.2 Å². The van der Waals surface area contributed by atoms with Crippen LogP contribution in [0.1, 0.15) is 39.5 Å². The van der Waals surface area contributed by atoms with Crippen LogP contribution < -0.4 is 5.32 Å². The Morgan fingerprint density at radius 2 is 2.00 bits per heavy atom. The Bertz CT molecular complexity index is 148. The summed E-state index contributed by atoms with van der Waals surface area (Å²) in [6, 6.07) is 0. The van der Waals surface area contributed by atoms with Gasteiger partial charge in [-0.3, -0.25) is 4.79 Å². The molecule has 0 bridgehead atoms. The molecule has 0 saturated carbocycles. The first-order valence-corrected chi connectivity index (χ1v) is 5.68. The van der Waals surface area contributed by atoms with Crippen molar-refractivity contribution in [1.29, 1.82) is 0 Å². The summed E-state index contributed by atoms with van der Waals surface area (Å²) < 4.78 is 0. The van der Waals surface area contributed by atoms with Crippen LogP contribution in [-0.2, 0) is 4.79 Å². The van der Waals surface area contributed by atoms with Gasteiger partial charge >= 0.3 is 0 Å². The summed E-state index contributed by atoms with van der Waals surface area (Å²) in [5, 5.41) is 3.08. The Balaban J connectivity index is 3.58. The van der Waals surface area contributed by atoms with Gasteiger partial charge in [-0.2, -0.15) is 0 Å². The van der Waals surface area contributed by atoms with Crippen molar-refractivity contribution < 1.29 is 4.79 Å². The van der Waals surface area contributed by atoms with Crippen molar-refractivity contribution in [2.45, 2.75) is 39.5 Å². The molecule has 0 heterocycles. The molecule has 3 heteroatoms. The van der Waals surface area contributed by atoms with E-state index in [4.69, 9.17) is 0 Å². The average molecular weight is 200 g/mol. The maximum atomic E-state index is 11.6. The maximum Gasteiger partial charge on any atom is 0.222 e. The van der Waals surface area contributed by atoms with Crippen LogP contribution in [0.15, 0.2) is 0 Å². The van der Waals surface area contributed by atoms with Crippen LogP contribution in [0.4, 0.5) is 0 Å². The Morgan fingerprint density at radius 1 is 1.29 bits per heavy atom. The van der Waals surface area contributed by atoms with Gasteiger partial charge in [0.05, 0.1) is 0 Å². The molecule has 0 unspecified atom stereocenters. The fourth-order valence-electron chi connectivity index (χ4n) is 1.47. The molecular weight excluding hydrogens is 176 g/mol. The Hall–Kier alpha value is -0.570. The van der Waals surface area contributed by atoms with Crippen LogP contribution in [0.25, 0.3) is 0 Å². The van der Waals surface area contributed by atoms with Gasteiger partial charge in [0.1, 0.15) is 0 Å². The number of carbonyl (C=O) groups excluding carboxylic acids is 1. The second-order valence-corrected chi connectivity index (χ2v) is 3.53. The molecule has 0 aromatic rings. The third kappa shape index (κ3) is 5.97. The lowest BCUT2D eigenvalue weighted by atomic mass is 10.2. The molecule has 0 spiro atoms. The Morgan fingerprint density at radius 3 is 2.50 bits per heavy atom. The van der Waals surface area contributed by atoms with E-state index < -0.39 is 0 Å². The van der Waals surface area contributed by atoms with E-state index in [0.717, 1.165) is 38.9 Å². The number of carbonyl (C=O) groups is 1. The molecule has 0 atom stereocenters. The zero-order valence-electron chi connectivity index (χ0n) is 9.81. The topological polar surface area (TPSA) is 32.3 Å². The van der Waals surface area contributed by atoms with Crippen molar-refractivity contribution in [3.05, 3.63) is 0 Å². The molecule has 1 amide bonds. The molecule has 0 aliphatic heterocycles. The molecule has 0 aliphatic rings. The van der Waals surface area contributed by atoms with Gasteiger partial charge in [0.2, 0.25) is 5.91 Å². The largest absolute Gasteiger partial charge is 0.343 e.